The molecule has 0 amide bonds. The molecule has 14 heavy (non-hydrogen) atoms. The van der Waals surface area contributed by atoms with Gasteiger partial charge in [0.25, 0.3) is 0 Å². The molecule has 2 heteroatoms. The number of aliphatic hydroxyl groups is 1. The van der Waals surface area contributed by atoms with E-state index < -0.39 is 5.60 Å². The van der Waals surface area contributed by atoms with Crippen LogP contribution in [-0.4, -0.2) is 17.3 Å². The van der Waals surface area contributed by atoms with Gasteiger partial charge in [-0.05, 0) is 31.1 Å². The number of hydrogen-bond donors (Lipinski definition) is 2. The van der Waals surface area contributed by atoms with Gasteiger partial charge in [-0.3, -0.25) is 0 Å². The molecule has 0 aliphatic heterocycles. The molecule has 3 atom stereocenters. The van der Waals surface area contributed by atoms with Crippen molar-refractivity contribution in [1.82, 2.24) is 0 Å². The molecule has 0 aromatic rings. The third kappa shape index (κ3) is 2.71. The van der Waals surface area contributed by atoms with Crippen molar-refractivity contribution >= 4 is 0 Å². The summed E-state index contributed by atoms with van der Waals surface area (Å²) in [6.07, 6.45) is 6.80. The Hall–Kier alpha value is -0.0800. The first-order valence-electron chi connectivity index (χ1n) is 6.05. The Kier molecular flexibility index (Phi) is 4.39. The SMILES string of the molecule is CCCC(O)(CN)C1CCCC(C)C1. The lowest BCUT2D eigenvalue weighted by Gasteiger charge is -2.39. The first kappa shape index (κ1) is 12.0. The second kappa shape index (κ2) is 5.13. The highest BCUT2D eigenvalue weighted by Crippen LogP contribution is 2.37. The van der Waals surface area contributed by atoms with Crippen LogP contribution in [0.2, 0.25) is 0 Å². The molecular weight excluding hydrogens is 174 g/mol. The van der Waals surface area contributed by atoms with Crippen molar-refractivity contribution in [2.75, 3.05) is 6.54 Å². The summed E-state index contributed by atoms with van der Waals surface area (Å²) in [6, 6.07) is 0. The van der Waals surface area contributed by atoms with Crippen LogP contribution in [0.3, 0.4) is 0 Å². The largest absolute Gasteiger partial charge is 0.388 e. The van der Waals surface area contributed by atoms with Crippen molar-refractivity contribution in [3.05, 3.63) is 0 Å². The average Bonchev–Trinajstić information content (AvgIpc) is 2.18. The molecule has 0 bridgehead atoms. The van der Waals surface area contributed by atoms with E-state index in [-0.39, 0.29) is 0 Å². The third-order valence-electron chi connectivity index (χ3n) is 3.73. The van der Waals surface area contributed by atoms with Crippen molar-refractivity contribution in [1.29, 1.82) is 0 Å². The molecule has 1 aliphatic rings. The zero-order valence-corrected chi connectivity index (χ0v) is 9.63. The Morgan fingerprint density at radius 1 is 1.43 bits per heavy atom. The van der Waals surface area contributed by atoms with Crippen LogP contribution in [0.5, 0.6) is 0 Å². The zero-order chi connectivity index (χ0) is 10.6. The summed E-state index contributed by atoms with van der Waals surface area (Å²) >= 11 is 0. The second-order valence-electron chi connectivity index (χ2n) is 5.03. The molecular formula is C12H25NO. The molecule has 0 radical (unpaired) electrons. The fourth-order valence-corrected chi connectivity index (χ4v) is 2.83. The zero-order valence-electron chi connectivity index (χ0n) is 9.63. The highest BCUT2D eigenvalue weighted by atomic mass is 16.3. The molecule has 3 unspecified atom stereocenters. The highest BCUT2D eigenvalue weighted by molar-refractivity contribution is 4.89. The van der Waals surface area contributed by atoms with Crippen LogP contribution in [0.1, 0.15) is 52.4 Å². The Morgan fingerprint density at radius 2 is 2.14 bits per heavy atom. The minimum atomic E-state index is -0.580. The summed E-state index contributed by atoms with van der Waals surface area (Å²) < 4.78 is 0. The maximum absolute atomic E-state index is 10.4. The van der Waals surface area contributed by atoms with Gasteiger partial charge >= 0.3 is 0 Å². The Balaban J connectivity index is 2.58. The first-order chi connectivity index (χ1) is 6.62. The summed E-state index contributed by atoms with van der Waals surface area (Å²) in [6.45, 7) is 4.83. The van der Waals surface area contributed by atoms with Crippen LogP contribution in [0.15, 0.2) is 0 Å². The lowest BCUT2D eigenvalue weighted by molar-refractivity contribution is -0.0396. The topological polar surface area (TPSA) is 46.2 Å². The van der Waals surface area contributed by atoms with E-state index in [1.165, 1.54) is 12.8 Å². The molecule has 2 nitrogen and oxygen atoms in total. The molecule has 0 heterocycles. The normalized spacial score (nSPS) is 32.6. The summed E-state index contributed by atoms with van der Waals surface area (Å²) in [4.78, 5) is 0. The van der Waals surface area contributed by atoms with E-state index >= 15 is 0 Å². The van der Waals surface area contributed by atoms with Gasteiger partial charge in [0.15, 0.2) is 0 Å². The van der Waals surface area contributed by atoms with Crippen molar-refractivity contribution in [3.8, 4) is 0 Å². The molecule has 0 aromatic heterocycles. The monoisotopic (exact) mass is 199 g/mol. The van der Waals surface area contributed by atoms with Crippen LogP contribution in [0, 0.1) is 11.8 Å². The van der Waals surface area contributed by atoms with Gasteiger partial charge in [-0.1, -0.05) is 33.1 Å². The predicted octanol–water partition coefficient (Wildman–Crippen LogP) is 2.30. The fourth-order valence-electron chi connectivity index (χ4n) is 2.83. The maximum Gasteiger partial charge on any atom is 0.0797 e. The van der Waals surface area contributed by atoms with Gasteiger partial charge in [-0.2, -0.15) is 0 Å². The standard InChI is InChI=1S/C12H25NO/c1-3-7-12(14,9-13)11-6-4-5-10(2)8-11/h10-11,14H,3-9,13H2,1-2H3. The molecule has 1 rings (SSSR count). The number of nitrogens with two attached hydrogens (primary N) is 1. The molecule has 1 fully saturated rings. The molecule has 0 saturated heterocycles. The van der Waals surface area contributed by atoms with E-state index in [0.717, 1.165) is 31.6 Å². The predicted molar refractivity (Wildman–Crippen MR) is 60.0 cm³/mol. The van der Waals surface area contributed by atoms with Crippen LogP contribution < -0.4 is 5.73 Å². The smallest absolute Gasteiger partial charge is 0.0797 e. The molecule has 0 spiro atoms. The summed E-state index contributed by atoms with van der Waals surface area (Å²) in [5.41, 5.74) is 5.14. The second-order valence-corrected chi connectivity index (χ2v) is 5.03. The summed E-state index contributed by atoms with van der Waals surface area (Å²) in [7, 11) is 0. The lowest BCUT2D eigenvalue weighted by atomic mass is 9.71. The van der Waals surface area contributed by atoms with Crippen molar-refractivity contribution in [3.63, 3.8) is 0 Å². The van der Waals surface area contributed by atoms with E-state index in [2.05, 4.69) is 13.8 Å². The molecule has 1 saturated carbocycles. The third-order valence-corrected chi connectivity index (χ3v) is 3.73. The van der Waals surface area contributed by atoms with Gasteiger partial charge < -0.3 is 10.8 Å². The van der Waals surface area contributed by atoms with Gasteiger partial charge in [0.1, 0.15) is 0 Å². The lowest BCUT2D eigenvalue weighted by Crippen LogP contribution is -2.46. The Morgan fingerprint density at radius 3 is 2.64 bits per heavy atom. The van der Waals surface area contributed by atoms with Crippen LogP contribution in [0.25, 0.3) is 0 Å². The van der Waals surface area contributed by atoms with Crippen molar-refractivity contribution in [2.24, 2.45) is 17.6 Å². The highest BCUT2D eigenvalue weighted by Gasteiger charge is 2.36. The quantitative estimate of drug-likeness (QED) is 0.730. The van der Waals surface area contributed by atoms with Gasteiger partial charge in [0.2, 0.25) is 0 Å². The fraction of sp³-hybridized carbons (Fsp3) is 1.00. The Labute approximate surface area is 87.9 Å². The van der Waals surface area contributed by atoms with E-state index in [9.17, 15) is 5.11 Å². The van der Waals surface area contributed by atoms with Gasteiger partial charge in [-0.25, -0.2) is 0 Å². The first-order valence-corrected chi connectivity index (χ1v) is 6.05. The van der Waals surface area contributed by atoms with Gasteiger partial charge in [0, 0.05) is 6.54 Å². The van der Waals surface area contributed by atoms with Gasteiger partial charge in [0.05, 0.1) is 5.60 Å². The number of rotatable bonds is 4. The van der Waals surface area contributed by atoms with Crippen LogP contribution in [0.4, 0.5) is 0 Å². The Bertz CT molecular complexity index is 172. The molecule has 0 aromatic carbocycles. The van der Waals surface area contributed by atoms with E-state index in [0.29, 0.717) is 12.5 Å². The summed E-state index contributed by atoms with van der Waals surface area (Å²) in [5, 5.41) is 10.4. The van der Waals surface area contributed by atoms with Gasteiger partial charge in [-0.15, -0.1) is 0 Å². The molecule has 1 aliphatic carbocycles. The van der Waals surface area contributed by atoms with Crippen molar-refractivity contribution < 1.29 is 5.11 Å². The summed E-state index contributed by atoms with van der Waals surface area (Å²) in [5.74, 6) is 1.21. The van der Waals surface area contributed by atoms with Crippen LogP contribution in [-0.2, 0) is 0 Å². The maximum atomic E-state index is 10.4. The average molecular weight is 199 g/mol. The number of hydrogen-bond acceptors (Lipinski definition) is 2. The van der Waals surface area contributed by atoms with Crippen molar-refractivity contribution in [2.45, 2.75) is 58.0 Å². The molecule has 3 N–H and O–H groups in total. The van der Waals surface area contributed by atoms with E-state index in [1.54, 1.807) is 0 Å². The molecule has 84 valence electrons. The minimum Gasteiger partial charge on any atom is -0.388 e. The van der Waals surface area contributed by atoms with Crippen LogP contribution >= 0.6 is 0 Å². The van der Waals surface area contributed by atoms with E-state index in [1.807, 2.05) is 0 Å². The minimum absolute atomic E-state index is 0.429. The van der Waals surface area contributed by atoms with E-state index in [4.69, 9.17) is 5.73 Å².